The molecule has 6 nitrogen and oxygen atoms in total. The standard InChI is InChI=1S/C29H25N5O/c35-28-29(24-5-3-10-31-27(24)34-28)14-20-12-18-7-8-22(33-26(18)13-21(20)15-29)17-30-11-9-19-16-32-25-6-2-1-4-23(19)25/h1-8,10,12-13,16,30,32H,9,11,14-15,17H2,(H,31,34,35). The lowest BCUT2D eigenvalue weighted by molar-refractivity contribution is -0.120. The minimum atomic E-state index is -0.546. The molecule has 6 heteroatoms. The SMILES string of the molecule is O=C1Nc2ncccc2C12Cc1cc3ccc(CNCCc4c[nH]c5ccccc45)nc3cc1C2. The van der Waals surface area contributed by atoms with E-state index in [0.29, 0.717) is 18.7 Å². The van der Waals surface area contributed by atoms with Crippen molar-refractivity contribution in [2.75, 3.05) is 11.9 Å². The summed E-state index contributed by atoms with van der Waals surface area (Å²) in [5.41, 5.74) is 7.43. The van der Waals surface area contributed by atoms with Crippen LogP contribution < -0.4 is 10.6 Å². The first kappa shape index (κ1) is 20.4. The number of hydrogen-bond acceptors (Lipinski definition) is 4. The van der Waals surface area contributed by atoms with Gasteiger partial charge in [-0.1, -0.05) is 30.3 Å². The minimum Gasteiger partial charge on any atom is -0.361 e. The van der Waals surface area contributed by atoms with E-state index < -0.39 is 5.41 Å². The lowest BCUT2D eigenvalue weighted by Gasteiger charge is -2.20. The Morgan fingerprint density at radius 1 is 1.00 bits per heavy atom. The molecule has 3 N–H and O–H groups in total. The molecule has 0 saturated carbocycles. The van der Waals surface area contributed by atoms with Crippen LogP contribution in [0, 0.1) is 0 Å². The number of benzene rings is 2. The van der Waals surface area contributed by atoms with E-state index in [1.165, 1.54) is 27.6 Å². The number of aromatic amines is 1. The molecule has 1 atom stereocenters. The third-order valence-corrected chi connectivity index (χ3v) is 7.59. The Morgan fingerprint density at radius 2 is 1.89 bits per heavy atom. The molecule has 5 aromatic rings. The quantitative estimate of drug-likeness (QED) is 0.340. The maximum Gasteiger partial charge on any atom is 0.237 e. The highest BCUT2D eigenvalue weighted by Crippen LogP contribution is 2.47. The van der Waals surface area contributed by atoms with Gasteiger partial charge >= 0.3 is 0 Å². The fourth-order valence-corrected chi connectivity index (χ4v) is 5.81. The number of anilines is 1. The molecule has 0 saturated heterocycles. The molecule has 7 rings (SSSR count). The molecular weight excluding hydrogens is 434 g/mol. The molecule has 1 spiro atoms. The fraction of sp³-hybridized carbons (Fsp3) is 0.207. The van der Waals surface area contributed by atoms with Gasteiger partial charge in [-0.25, -0.2) is 4.98 Å². The third-order valence-electron chi connectivity index (χ3n) is 7.59. The number of hydrogen-bond donors (Lipinski definition) is 3. The van der Waals surface area contributed by atoms with E-state index in [0.717, 1.165) is 41.7 Å². The van der Waals surface area contributed by atoms with Crippen LogP contribution in [0.2, 0.25) is 0 Å². The maximum absolute atomic E-state index is 13.0. The first-order chi connectivity index (χ1) is 17.2. The summed E-state index contributed by atoms with van der Waals surface area (Å²) in [6.45, 7) is 1.61. The van der Waals surface area contributed by atoms with Crippen LogP contribution in [0.4, 0.5) is 5.82 Å². The Balaban J connectivity index is 1.08. The average molecular weight is 460 g/mol. The Kier molecular flexibility index (Phi) is 4.51. The van der Waals surface area contributed by atoms with Gasteiger partial charge in [0.2, 0.25) is 5.91 Å². The zero-order valence-electron chi connectivity index (χ0n) is 19.3. The van der Waals surface area contributed by atoms with Crippen LogP contribution >= 0.6 is 0 Å². The number of fused-ring (bicyclic) bond motifs is 5. The van der Waals surface area contributed by atoms with E-state index in [4.69, 9.17) is 4.98 Å². The summed E-state index contributed by atoms with van der Waals surface area (Å²) in [5, 5.41) is 8.94. The van der Waals surface area contributed by atoms with Crippen molar-refractivity contribution in [3.63, 3.8) is 0 Å². The van der Waals surface area contributed by atoms with Gasteiger partial charge in [0.05, 0.1) is 16.6 Å². The molecule has 0 bridgehead atoms. The van der Waals surface area contributed by atoms with Crippen molar-refractivity contribution in [3.8, 4) is 0 Å². The van der Waals surface area contributed by atoms with E-state index in [-0.39, 0.29) is 5.91 Å². The molecule has 2 aromatic carbocycles. The average Bonchev–Trinajstić information content (AvgIpc) is 3.54. The molecule has 1 unspecified atom stereocenters. The first-order valence-corrected chi connectivity index (χ1v) is 12.1. The number of nitrogens with zero attached hydrogens (tertiary/aromatic N) is 2. The first-order valence-electron chi connectivity index (χ1n) is 12.1. The van der Waals surface area contributed by atoms with Crippen LogP contribution in [0.5, 0.6) is 0 Å². The van der Waals surface area contributed by atoms with Crippen molar-refractivity contribution >= 4 is 33.5 Å². The van der Waals surface area contributed by atoms with E-state index in [1.54, 1.807) is 6.20 Å². The number of rotatable bonds is 5. The summed E-state index contributed by atoms with van der Waals surface area (Å²) in [5.74, 6) is 0.758. The van der Waals surface area contributed by atoms with E-state index in [1.807, 2.05) is 12.1 Å². The van der Waals surface area contributed by atoms with E-state index in [2.05, 4.69) is 75.3 Å². The van der Waals surface area contributed by atoms with Gasteiger partial charge in [-0.2, -0.15) is 0 Å². The predicted octanol–water partition coefficient (Wildman–Crippen LogP) is 4.43. The lowest BCUT2D eigenvalue weighted by atomic mass is 9.79. The van der Waals surface area contributed by atoms with Gasteiger partial charge < -0.3 is 15.6 Å². The Labute approximate surface area is 202 Å². The number of nitrogens with one attached hydrogen (secondary N) is 3. The normalized spacial score (nSPS) is 18.3. The predicted molar refractivity (Wildman–Crippen MR) is 137 cm³/mol. The molecule has 2 aliphatic rings. The zero-order chi connectivity index (χ0) is 23.4. The number of pyridine rings is 2. The number of aromatic nitrogens is 3. The highest BCUT2D eigenvalue weighted by molar-refractivity contribution is 6.06. The summed E-state index contributed by atoms with van der Waals surface area (Å²) in [6, 6.07) is 21.0. The number of amides is 1. The van der Waals surface area contributed by atoms with Crippen molar-refractivity contribution in [1.82, 2.24) is 20.3 Å². The van der Waals surface area contributed by atoms with E-state index >= 15 is 0 Å². The molecule has 1 aliphatic heterocycles. The summed E-state index contributed by atoms with van der Waals surface area (Å²) < 4.78 is 0. The molecule has 0 fully saturated rings. The topological polar surface area (TPSA) is 82.7 Å². The Hall–Kier alpha value is -4.03. The molecule has 35 heavy (non-hydrogen) atoms. The molecule has 3 aromatic heterocycles. The molecule has 172 valence electrons. The van der Waals surface area contributed by atoms with Crippen LogP contribution in [-0.2, 0) is 36.0 Å². The molecule has 0 radical (unpaired) electrons. The van der Waals surface area contributed by atoms with Crippen LogP contribution in [0.1, 0.15) is 27.9 Å². The van der Waals surface area contributed by atoms with Gasteiger partial charge in [0.25, 0.3) is 0 Å². The van der Waals surface area contributed by atoms with Crippen LogP contribution in [0.25, 0.3) is 21.8 Å². The fourth-order valence-electron chi connectivity index (χ4n) is 5.81. The van der Waals surface area contributed by atoms with Gasteiger partial charge in [-0.05, 0) is 72.8 Å². The van der Waals surface area contributed by atoms with Crippen LogP contribution in [-0.4, -0.2) is 27.4 Å². The van der Waals surface area contributed by atoms with Crippen molar-refractivity contribution in [3.05, 3.63) is 101 Å². The maximum atomic E-state index is 13.0. The van der Waals surface area contributed by atoms with Crippen molar-refractivity contribution in [2.24, 2.45) is 0 Å². The minimum absolute atomic E-state index is 0.0551. The second kappa shape index (κ2) is 7.75. The number of carbonyl (C=O) groups excluding carboxylic acids is 1. The highest BCUT2D eigenvalue weighted by Gasteiger charge is 2.51. The van der Waals surface area contributed by atoms with E-state index in [9.17, 15) is 4.79 Å². The highest BCUT2D eigenvalue weighted by atomic mass is 16.2. The van der Waals surface area contributed by atoms with Gasteiger partial charge in [-0.15, -0.1) is 0 Å². The summed E-state index contributed by atoms with van der Waals surface area (Å²) >= 11 is 0. The second-order valence-electron chi connectivity index (χ2n) is 9.69. The third kappa shape index (κ3) is 3.25. The summed E-state index contributed by atoms with van der Waals surface area (Å²) in [4.78, 5) is 25.6. The van der Waals surface area contributed by atoms with Gasteiger partial charge in [-0.3, -0.25) is 9.78 Å². The van der Waals surface area contributed by atoms with Gasteiger partial charge in [0.15, 0.2) is 0 Å². The number of para-hydroxylation sites is 1. The molecular formula is C29H25N5O. The monoisotopic (exact) mass is 459 g/mol. The summed E-state index contributed by atoms with van der Waals surface area (Å²) in [6.07, 6.45) is 6.20. The van der Waals surface area contributed by atoms with Crippen molar-refractivity contribution < 1.29 is 4.79 Å². The zero-order valence-corrected chi connectivity index (χ0v) is 19.3. The number of carbonyl (C=O) groups is 1. The molecule has 1 aliphatic carbocycles. The smallest absolute Gasteiger partial charge is 0.237 e. The molecule has 4 heterocycles. The number of H-pyrrole nitrogens is 1. The van der Waals surface area contributed by atoms with Crippen molar-refractivity contribution in [2.45, 2.75) is 31.2 Å². The van der Waals surface area contributed by atoms with Crippen molar-refractivity contribution in [1.29, 1.82) is 0 Å². The second-order valence-corrected chi connectivity index (χ2v) is 9.69. The summed E-state index contributed by atoms with van der Waals surface area (Å²) in [7, 11) is 0. The van der Waals surface area contributed by atoms with Gasteiger partial charge in [0, 0.05) is 40.8 Å². The largest absolute Gasteiger partial charge is 0.361 e. The van der Waals surface area contributed by atoms with Crippen LogP contribution in [0.3, 0.4) is 0 Å². The lowest BCUT2D eigenvalue weighted by Crippen LogP contribution is -2.35. The van der Waals surface area contributed by atoms with Gasteiger partial charge in [0.1, 0.15) is 5.82 Å². The Bertz CT molecular complexity index is 1620. The molecule has 1 amide bonds. The van der Waals surface area contributed by atoms with Crippen LogP contribution in [0.15, 0.2) is 73.1 Å². The Morgan fingerprint density at radius 3 is 2.83 bits per heavy atom.